The van der Waals surface area contributed by atoms with Gasteiger partial charge in [-0.1, -0.05) is 51.3 Å². The van der Waals surface area contributed by atoms with Gasteiger partial charge in [0, 0.05) is 14.5 Å². The molecule has 6 nitrogen and oxygen atoms in total. The number of aromatic hydroxyl groups is 1. The molecule has 3 aromatic carbocycles. The molecule has 0 radical (unpaired) electrons. The summed E-state index contributed by atoms with van der Waals surface area (Å²) in [5.74, 6) is -1.18. The normalized spacial score (nSPS) is 11.9. The summed E-state index contributed by atoms with van der Waals surface area (Å²) in [5, 5.41) is 14.8. The first kappa shape index (κ1) is 23.2. The van der Waals surface area contributed by atoms with E-state index in [1.807, 2.05) is 24.3 Å². The molecule has 1 unspecified atom stereocenters. The van der Waals surface area contributed by atoms with Crippen molar-refractivity contribution < 1.29 is 9.90 Å². The molecule has 0 fully saturated rings. The van der Waals surface area contributed by atoms with Crippen LogP contribution in [0.1, 0.15) is 28.9 Å². The summed E-state index contributed by atoms with van der Waals surface area (Å²) < 4.78 is 3.39. The van der Waals surface area contributed by atoms with Gasteiger partial charge in [-0.3, -0.25) is 9.59 Å². The van der Waals surface area contributed by atoms with Crippen molar-refractivity contribution >= 4 is 45.0 Å². The molecule has 2 N–H and O–H groups in total. The second-order valence-corrected chi connectivity index (χ2v) is 9.12. The lowest BCUT2D eigenvalue weighted by Gasteiger charge is -2.14. The van der Waals surface area contributed by atoms with Gasteiger partial charge in [-0.25, -0.2) is 9.36 Å². The zero-order valence-electron chi connectivity index (χ0n) is 17.3. The highest BCUT2D eigenvalue weighted by Gasteiger charge is 2.28. The van der Waals surface area contributed by atoms with Gasteiger partial charge in [0.15, 0.2) is 5.56 Å². The third-order valence-corrected chi connectivity index (χ3v) is 6.15. The number of nitrogens with one attached hydrogen (secondary N) is 1. The number of halogens is 3. The van der Waals surface area contributed by atoms with Crippen LogP contribution in [0.5, 0.6) is 5.88 Å². The van der Waals surface area contributed by atoms with Crippen LogP contribution in [0.15, 0.2) is 82.1 Å². The summed E-state index contributed by atoms with van der Waals surface area (Å²) in [6.45, 7) is 1.80. The third kappa shape index (κ3) is 4.71. The molecule has 33 heavy (non-hydrogen) atoms. The van der Waals surface area contributed by atoms with Crippen LogP contribution >= 0.6 is 39.1 Å². The quantitative estimate of drug-likeness (QED) is 0.327. The summed E-state index contributed by atoms with van der Waals surface area (Å²) in [5.41, 5.74) is 0.675. The van der Waals surface area contributed by atoms with Crippen LogP contribution < -0.4 is 10.9 Å². The SMILES string of the molecule is CC(NC(=O)c1c(O)n(-c2ccc(Cl)cc2)n(-c2ccc(Cl)cc2)c1=O)c1ccc(Br)cc1. The second-order valence-electron chi connectivity index (χ2n) is 7.33. The van der Waals surface area contributed by atoms with E-state index < -0.39 is 23.4 Å². The molecule has 0 aliphatic rings. The molecule has 0 saturated carbocycles. The molecule has 0 aliphatic carbocycles. The molecule has 1 aromatic heterocycles. The van der Waals surface area contributed by atoms with E-state index in [-0.39, 0.29) is 5.56 Å². The van der Waals surface area contributed by atoms with Crippen LogP contribution in [0.3, 0.4) is 0 Å². The van der Waals surface area contributed by atoms with E-state index in [1.54, 1.807) is 55.5 Å². The Kier molecular flexibility index (Phi) is 6.65. The number of benzene rings is 3. The molecule has 0 aliphatic heterocycles. The van der Waals surface area contributed by atoms with Crippen molar-refractivity contribution in [1.82, 2.24) is 14.7 Å². The van der Waals surface area contributed by atoms with Gasteiger partial charge < -0.3 is 10.4 Å². The van der Waals surface area contributed by atoms with Crippen LogP contribution in [0.2, 0.25) is 10.0 Å². The monoisotopic (exact) mass is 545 g/mol. The largest absolute Gasteiger partial charge is 0.493 e. The molecule has 1 atom stereocenters. The molecule has 0 spiro atoms. The zero-order valence-corrected chi connectivity index (χ0v) is 20.4. The number of carbonyl (C=O) groups is 1. The van der Waals surface area contributed by atoms with Crippen molar-refractivity contribution in [1.29, 1.82) is 0 Å². The highest BCUT2D eigenvalue weighted by Crippen LogP contribution is 2.26. The number of hydrogen-bond donors (Lipinski definition) is 2. The van der Waals surface area contributed by atoms with E-state index in [0.717, 1.165) is 10.0 Å². The number of hydrogen-bond acceptors (Lipinski definition) is 3. The van der Waals surface area contributed by atoms with E-state index >= 15 is 0 Å². The Morgan fingerprint density at radius 2 is 1.36 bits per heavy atom. The standard InChI is InChI=1S/C24H18BrCl2N3O3/c1-14(15-2-4-16(25)5-3-15)28-22(31)21-23(32)29(19-10-6-17(26)7-11-19)30(24(21)33)20-12-8-18(27)9-13-20/h2-14,32H,1H3,(H,28,31). The molecule has 1 heterocycles. The molecule has 1 amide bonds. The number of rotatable bonds is 5. The Morgan fingerprint density at radius 1 is 0.879 bits per heavy atom. The summed E-state index contributed by atoms with van der Waals surface area (Å²) in [4.78, 5) is 26.5. The van der Waals surface area contributed by atoms with Gasteiger partial charge in [0.05, 0.1) is 17.4 Å². The molecular weight excluding hydrogens is 529 g/mol. The second kappa shape index (κ2) is 9.47. The zero-order chi connectivity index (χ0) is 23.7. The lowest BCUT2D eigenvalue weighted by Crippen LogP contribution is -2.31. The van der Waals surface area contributed by atoms with E-state index in [4.69, 9.17) is 23.2 Å². The fourth-order valence-corrected chi connectivity index (χ4v) is 3.95. The first-order chi connectivity index (χ1) is 15.8. The maximum absolute atomic E-state index is 13.4. The number of carbonyl (C=O) groups excluding carboxylic acids is 1. The summed E-state index contributed by atoms with van der Waals surface area (Å²) in [6, 6.07) is 20.1. The maximum Gasteiger partial charge on any atom is 0.288 e. The van der Waals surface area contributed by atoms with Gasteiger partial charge >= 0.3 is 0 Å². The molecule has 0 bridgehead atoms. The van der Waals surface area contributed by atoms with Gasteiger partial charge in [-0.05, 0) is 73.2 Å². The fourth-order valence-electron chi connectivity index (χ4n) is 3.43. The Labute approximate surface area is 208 Å². The number of nitrogens with zero attached hydrogens (tertiary/aromatic N) is 2. The molecule has 9 heteroatoms. The van der Waals surface area contributed by atoms with Gasteiger partial charge in [-0.15, -0.1) is 0 Å². The van der Waals surface area contributed by atoms with Crippen molar-refractivity contribution in [2.24, 2.45) is 0 Å². The van der Waals surface area contributed by atoms with E-state index in [9.17, 15) is 14.7 Å². The lowest BCUT2D eigenvalue weighted by molar-refractivity contribution is 0.0936. The Bertz CT molecular complexity index is 1360. The number of amides is 1. The van der Waals surface area contributed by atoms with Crippen LogP contribution in [0, 0.1) is 0 Å². The van der Waals surface area contributed by atoms with Crippen molar-refractivity contribution in [3.63, 3.8) is 0 Å². The van der Waals surface area contributed by atoms with Crippen LogP contribution in [-0.2, 0) is 0 Å². The van der Waals surface area contributed by atoms with Gasteiger partial charge in [0.25, 0.3) is 11.5 Å². The summed E-state index contributed by atoms with van der Waals surface area (Å²) in [7, 11) is 0. The van der Waals surface area contributed by atoms with Crippen LogP contribution in [-0.4, -0.2) is 20.4 Å². The predicted molar refractivity (Wildman–Crippen MR) is 133 cm³/mol. The summed E-state index contributed by atoms with van der Waals surface area (Å²) in [6.07, 6.45) is 0. The highest BCUT2D eigenvalue weighted by molar-refractivity contribution is 9.10. The Hall–Kier alpha value is -3.00. The van der Waals surface area contributed by atoms with Crippen molar-refractivity contribution in [2.45, 2.75) is 13.0 Å². The van der Waals surface area contributed by atoms with E-state index in [0.29, 0.717) is 21.4 Å². The predicted octanol–water partition coefficient (Wildman–Crippen LogP) is 5.89. The maximum atomic E-state index is 13.4. The van der Waals surface area contributed by atoms with Crippen LogP contribution in [0.25, 0.3) is 11.4 Å². The van der Waals surface area contributed by atoms with E-state index in [2.05, 4.69) is 21.2 Å². The van der Waals surface area contributed by atoms with Crippen molar-refractivity contribution in [3.05, 3.63) is 109 Å². The average molecular weight is 547 g/mol. The van der Waals surface area contributed by atoms with Crippen molar-refractivity contribution in [3.8, 4) is 17.3 Å². The molecule has 168 valence electrons. The minimum Gasteiger partial charge on any atom is -0.493 e. The first-order valence-corrected chi connectivity index (χ1v) is 11.5. The topological polar surface area (TPSA) is 76.3 Å². The van der Waals surface area contributed by atoms with Gasteiger partial charge in [0.2, 0.25) is 5.88 Å². The van der Waals surface area contributed by atoms with Gasteiger partial charge in [-0.2, -0.15) is 0 Å². The molecule has 4 rings (SSSR count). The third-order valence-electron chi connectivity index (χ3n) is 5.12. The fraction of sp³-hybridized carbons (Fsp3) is 0.0833. The lowest BCUT2D eigenvalue weighted by atomic mass is 10.1. The van der Waals surface area contributed by atoms with Crippen molar-refractivity contribution in [2.75, 3.05) is 0 Å². The minimum absolute atomic E-state index is 0.371. The minimum atomic E-state index is -0.691. The average Bonchev–Trinajstić information content (AvgIpc) is 3.05. The van der Waals surface area contributed by atoms with E-state index in [1.165, 1.54) is 9.36 Å². The molecule has 0 saturated heterocycles. The smallest absolute Gasteiger partial charge is 0.288 e. The Balaban J connectivity index is 1.81. The molecular formula is C24H18BrCl2N3O3. The summed E-state index contributed by atoms with van der Waals surface area (Å²) >= 11 is 15.4. The Morgan fingerprint density at radius 3 is 1.88 bits per heavy atom. The number of aromatic nitrogens is 2. The first-order valence-electron chi connectivity index (χ1n) is 9.91. The highest BCUT2D eigenvalue weighted by atomic mass is 79.9. The molecule has 4 aromatic rings. The van der Waals surface area contributed by atoms with Gasteiger partial charge in [0.1, 0.15) is 0 Å². The van der Waals surface area contributed by atoms with Crippen LogP contribution in [0.4, 0.5) is 0 Å².